The first-order chi connectivity index (χ1) is 8.15. The number of cyclic esters (lactones) is 1. The number of hydrogen-bond donors (Lipinski definition) is 1. The zero-order chi connectivity index (χ0) is 12.4. The van der Waals surface area contributed by atoms with E-state index in [2.05, 4.69) is 0 Å². The van der Waals surface area contributed by atoms with Crippen LogP contribution in [-0.4, -0.2) is 24.8 Å². The number of esters is 1. The molecule has 5 heteroatoms. The molecule has 0 aliphatic carbocycles. The van der Waals surface area contributed by atoms with Gasteiger partial charge in [0.15, 0.2) is 0 Å². The Morgan fingerprint density at radius 2 is 2.35 bits per heavy atom. The number of halogens is 1. The van der Waals surface area contributed by atoms with Crippen LogP contribution in [0.15, 0.2) is 18.2 Å². The molecule has 92 valence electrons. The number of aliphatic hydroxyl groups is 1. The fraction of sp³-hybridized carbons (Fsp3) is 0.417. The average Bonchev–Trinajstić information content (AvgIpc) is 2.70. The predicted octanol–water partition coefficient (Wildman–Crippen LogP) is 1.43. The van der Waals surface area contributed by atoms with E-state index in [1.165, 1.54) is 25.3 Å². The summed E-state index contributed by atoms with van der Waals surface area (Å²) in [6, 6.07) is 4.02. The summed E-state index contributed by atoms with van der Waals surface area (Å²) >= 11 is 0. The number of carbonyl (C=O) groups is 1. The third kappa shape index (κ3) is 2.24. The maximum atomic E-state index is 13.2. The molecular formula is C12H13FO4. The van der Waals surface area contributed by atoms with Crippen molar-refractivity contribution in [1.29, 1.82) is 0 Å². The average molecular weight is 240 g/mol. The Hall–Kier alpha value is -1.62. The van der Waals surface area contributed by atoms with Crippen LogP contribution in [0.4, 0.5) is 4.39 Å². The van der Waals surface area contributed by atoms with E-state index in [0.29, 0.717) is 11.3 Å². The first kappa shape index (κ1) is 11.9. The third-order valence-corrected chi connectivity index (χ3v) is 2.85. The summed E-state index contributed by atoms with van der Waals surface area (Å²) in [6.07, 6.45) is -0.501. The molecule has 0 spiro atoms. The Labute approximate surface area is 98.0 Å². The van der Waals surface area contributed by atoms with Crippen molar-refractivity contribution in [2.75, 3.05) is 13.7 Å². The highest BCUT2D eigenvalue weighted by Gasteiger charge is 2.37. The van der Waals surface area contributed by atoms with E-state index >= 15 is 0 Å². The lowest BCUT2D eigenvalue weighted by Gasteiger charge is -2.18. The highest BCUT2D eigenvalue weighted by Crippen LogP contribution is 2.39. The molecule has 4 nitrogen and oxygen atoms in total. The summed E-state index contributed by atoms with van der Waals surface area (Å²) in [5, 5.41) is 9.18. The van der Waals surface area contributed by atoms with Gasteiger partial charge in [-0.25, -0.2) is 4.39 Å². The number of ether oxygens (including phenoxy) is 2. The van der Waals surface area contributed by atoms with Gasteiger partial charge >= 0.3 is 5.97 Å². The highest BCUT2D eigenvalue weighted by molar-refractivity contribution is 5.72. The van der Waals surface area contributed by atoms with E-state index in [1.54, 1.807) is 0 Å². The highest BCUT2D eigenvalue weighted by atomic mass is 19.1. The molecule has 1 aliphatic heterocycles. The Balaban J connectivity index is 2.38. The lowest BCUT2D eigenvalue weighted by atomic mass is 9.95. The largest absolute Gasteiger partial charge is 0.496 e. The second-order valence-electron chi connectivity index (χ2n) is 3.94. The van der Waals surface area contributed by atoms with Crippen molar-refractivity contribution in [2.45, 2.75) is 12.5 Å². The van der Waals surface area contributed by atoms with Crippen molar-refractivity contribution in [2.24, 2.45) is 5.92 Å². The second kappa shape index (κ2) is 4.71. The van der Waals surface area contributed by atoms with Crippen LogP contribution in [0.2, 0.25) is 0 Å². The van der Waals surface area contributed by atoms with E-state index in [-0.39, 0.29) is 24.9 Å². The number of carbonyl (C=O) groups excluding carboxylic acids is 1. The van der Waals surface area contributed by atoms with Gasteiger partial charge in [-0.1, -0.05) is 0 Å². The van der Waals surface area contributed by atoms with Gasteiger partial charge in [-0.3, -0.25) is 4.79 Å². The van der Waals surface area contributed by atoms with Crippen LogP contribution >= 0.6 is 0 Å². The number of aliphatic hydroxyl groups excluding tert-OH is 1. The molecule has 2 rings (SSSR count). The molecular weight excluding hydrogens is 227 g/mol. The number of rotatable bonds is 3. The number of hydrogen-bond acceptors (Lipinski definition) is 4. The molecule has 0 amide bonds. The van der Waals surface area contributed by atoms with Crippen LogP contribution in [0.1, 0.15) is 18.1 Å². The molecule has 1 aliphatic rings. The van der Waals surface area contributed by atoms with Crippen LogP contribution in [0.3, 0.4) is 0 Å². The summed E-state index contributed by atoms with van der Waals surface area (Å²) in [5.74, 6) is -0.719. The minimum Gasteiger partial charge on any atom is -0.496 e. The van der Waals surface area contributed by atoms with Crippen LogP contribution in [0.5, 0.6) is 5.75 Å². The van der Waals surface area contributed by atoms with Gasteiger partial charge in [0.25, 0.3) is 0 Å². The minimum atomic E-state index is -0.641. The van der Waals surface area contributed by atoms with Crippen LogP contribution in [-0.2, 0) is 9.53 Å². The SMILES string of the molecule is COc1ccc(F)cc1C1OC(=O)CC1CO. The van der Waals surface area contributed by atoms with E-state index in [4.69, 9.17) is 9.47 Å². The smallest absolute Gasteiger partial charge is 0.306 e. The summed E-state index contributed by atoms with van der Waals surface area (Å²) in [6.45, 7) is -0.184. The fourth-order valence-corrected chi connectivity index (χ4v) is 2.01. The monoisotopic (exact) mass is 240 g/mol. The minimum absolute atomic E-state index is 0.140. The third-order valence-electron chi connectivity index (χ3n) is 2.85. The molecule has 0 aromatic heterocycles. The summed E-state index contributed by atoms with van der Waals surface area (Å²) in [7, 11) is 1.46. The number of benzene rings is 1. The van der Waals surface area contributed by atoms with E-state index in [9.17, 15) is 14.3 Å². The molecule has 2 unspecified atom stereocenters. The quantitative estimate of drug-likeness (QED) is 0.812. The van der Waals surface area contributed by atoms with Crippen molar-refractivity contribution >= 4 is 5.97 Å². The van der Waals surface area contributed by atoms with Gasteiger partial charge in [0.2, 0.25) is 0 Å². The van der Waals surface area contributed by atoms with Crippen LogP contribution < -0.4 is 4.74 Å². The summed E-state index contributed by atoms with van der Waals surface area (Å²) in [4.78, 5) is 11.2. The van der Waals surface area contributed by atoms with Gasteiger partial charge in [0.1, 0.15) is 17.7 Å². The summed E-state index contributed by atoms with van der Waals surface area (Å²) in [5.41, 5.74) is 0.456. The van der Waals surface area contributed by atoms with Gasteiger partial charge < -0.3 is 14.6 Å². The van der Waals surface area contributed by atoms with Crippen molar-refractivity contribution in [3.63, 3.8) is 0 Å². The predicted molar refractivity (Wildman–Crippen MR) is 57.0 cm³/mol. The lowest BCUT2D eigenvalue weighted by molar-refractivity contribution is -0.141. The standard InChI is InChI=1S/C12H13FO4/c1-16-10-3-2-8(13)5-9(10)12-7(6-14)4-11(15)17-12/h2-3,5,7,12,14H,4,6H2,1H3. The second-order valence-corrected chi connectivity index (χ2v) is 3.94. The normalized spacial score (nSPS) is 23.6. The molecule has 1 N–H and O–H groups in total. The van der Waals surface area contributed by atoms with Crippen LogP contribution in [0.25, 0.3) is 0 Å². The van der Waals surface area contributed by atoms with E-state index < -0.39 is 11.9 Å². The van der Waals surface area contributed by atoms with Crippen LogP contribution in [0, 0.1) is 11.7 Å². The molecule has 0 bridgehead atoms. The maximum absolute atomic E-state index is 13.2. The van der Waals surface area contributed by atoms with Crippen molar-refractivity contribution in [1.82, 2.24) is 0 Å². The zero-order valence-electron chi connectivity index (χ0n) is 9.35. The van der Waals surface area contributed by atoms with E-state index in [1.807, 2.05) is 0 Å². The molecule has 1 fully saturated rings. The molecule has 1 heterocycles. The Bertz CT molecular complexity index is 433. The molecule has 1 aromatic rings. The fourth-order valence-electron chi connectivity index (χ4n) is 2.01. The Morgan fingerprint density at radius 1 is 1.59 bits per heavy atom. The molecule has 17 heavy (non-hydrogen) atoms. The zero-order valence-corrected chi connectivity index (χ0v) is 9.35. The maximum Gasteiger partial charge on any atom is 0.306 e. The van der Waals surface area contributed by atoms with Gasteiger partial charge in [-0.2, -0.15) is 0 Å². The van der Waals surface area contributed by atoms with Crippen molar-refractivity contribution in [3.8, 4) is 5.75 Å². The van der Waals surface area contributed by atoms with Gasteiger partial charge in [-0.15, -0.1) is 0 Å². The van der Waals surface area contributed by atoms with Crippen molar-refractivity contribution < 1.29 is 23.8 Å². The first-order valence-corrected chi connectivity index (χ1v) is 5.29. The van der Waals surface area contributed by atoms with Gasteiger partial charge in [0, 0.05) is 11.5 Å². The van der Waals surface area contributed by atoms with E-state index in [0.717, 1.165) is 0 Å². The summed E-state index contributed by atoms with van der Waals surface area (Å²) < 4.78 is 23.4. The topological polar surface area (TPSA) is 55.8 Å². The van der Waals surface area contributed by atoms with Gasteiger partial charge in [-0.05, 0) is 18.2 Å². The first-order valence-electron chi connectivity index (χ1n) is 5.29. The molecule has 0 saturated carbocycles. The molecule has 1 aromatic carbocycles. The molecule has 0 radical (unpaired) electrons. The van der Waals surface area contributed by atoms with Gasteiger partial charge in [0.05, 0.1) is 20.1 Å². The molecule has 2 atom stereocenters. The molecule has 1 saturated heterocycles. The number of methoxy groups -OCH3 is 1. The lowest BCUT2D eigenvalue weighted by Crippen LogP contribution is -2.12. The van der Waals surface area contributed by atoms with Crippen molar-refractivity contribution in [3.05, 3.63) is 29.6 Å². The Morgan fingerprint density at radius 3 is 3.00 bits per heavy atom. The Kier molecular flexibility index (Phi) is 3.28.